The first-order valence-electron chi connectivity index (χ1n) is 5.50. The molecule has 0 nitrogen and oxygen atoms in total. The summed E-state index contributed by atoms with van der Waals surface area (Å²) in [5.41, 5.74) is 4.87. The van der Waals surface area contributed by atoms with Crippen LogP contribution >= 0.6 is 0 Å². The number of fused-ring (bicyclic) bond motifs is 1. The SMILES string of the molecule is C=CC1=CC2=CC(C=CC=C2C)C=C1C=C. The van der Waals surface area contributed by atoms with Crippen LogP contribution in [-0.2, 0) is 0 Å². The summed E-state index contributed by atoms with van der Waals surface area (Å²) in [5.74, 6) is 0.352. The summed E-state index contributed by atoms with van der Waals surface area (Å²) >= 11 is 0. The predicted molar refractivity (Wildman–Crippen MR) is 71.0 cm³/mol. The second kappa shape index (κ2) is 4.36. The van der Waals surface area contributed by atoms with E-state index in [4.69, 9.17) is 0 Å². The van der Waals surface area contributed by atoms with Gasteiger partial charge in [0.05, 0.1) is 0 Å². The second-order valence-electron chi connectivity index (χ2n) is 4.06. The summed E-state index contributed by atoms with van der Waals surface area (Å²) in [6.07, 6.45) is 16.9. The molecular weight excluding hydrogens is 192 g/mol. The Morgan fingerprint density at radius 2 is 1.88 bits per heavy atom. The van der Waals surface area contributed by atoms with E-state index in [0.717, 1.165) is 11.1 Å². The minimum absolute atomic E-state index is 0.352. The molecule has 0 aromatic rings. The normalized spacial score (nSPS) is 23.2. The van der Waals surface area contributed by atoms with Crippen LogP contribution in [0.1, 0.15) is 6.92 Å². The smallest absolute Gasteiger partial charge is 0.0148 e. The Hall–Kier alpha value is -1.82. The number of allylic oxidation sites excluding steroid dienone is 12. The van der Waals surface area contributed by atoms with E-state index in [1.165, 1.54) is 11.1 Å². The summed E-state index contributed by atoms with van der Waals surface area (Å²) in [4.78, 5) is 0. The van der Waals surface area contributed by atoms with Gasteiger partial charge in [0.25, 0.3) is 0 Å². The molecule has 2 aliphatic carbocycles. The highest BCUT2D eigenvalue weighted by Gasteiger charge is 2.11. The van der Waals surface area contributed by atoms with Crippen molar-refractivity contribution in [2.45, 2.75) is 6.92 Å². The lowest BCUT2D eigenvalue weighted by molar-refractivity contribution is 1.06. The molecule has 2 aliphatic rings. The third kappa shape index (κ3) is 1.92. The fraction of sp³-hybridized carbons (Fsp3) is 0.125. The standard InChI is InChI=1S/C16H16/c1-4-14-9-13-8-6-7-12(3)16(10-13)11-15(14)5-2/h4-11,13H,1-2H2,3H3. The van der Waals surface area contributed by atoms with Gasteiger partial charge in [0.1, 0.15) is 0 Å². The summed E-state index contributed by atoms with van der Waals surface area (Å²) in [5, 5.41) is 0. The van der Waals surface area contributed by atoms with Crippen molar-refractivity contribution in [1.82, 2.24) is 0 Å². The molecule has 0 fully saturated rings. The van der Waals surface area contributed by atoms with E-state index in [9.17, 15) is 0 Å². The Kier molecular flexibility index (Phi) is 2.91. The van der Waals surface area contributed by atoms with E-state index in [-0.39, 0.29) is 0 Å². The molecule has 0 saturated heterocycles. The first-order chi connectivity index (χ1) is 7.74. The monoisotopic (exact) mass is 208 g/mol. The van der Waals surface area contributed by atoms with E-state index in [1.807, 2.05) is 12.2 Å². The van der Waals surface area contributed by atoms with Crippen molar-refractivity contribution in [3.05, 3.63) is 84.1 Å². The van der Waals surface area contributed by atoms with Crippen molar-refractivity contribution < 1.29 is 0 Å². The molecule has 0 radical (unpaired) electrons. The summed E-state index contributed by atoms with van der Waals surface area (Å²) < 4.78 is 0. The molecule has 0 heteroatoms. The highest BCUT2D eigenvalue weighted by molar-refractivity contribution is 5.57. The predicted octanol–water partition coefficient (Wildman–Crippen LogP) is 4.28. The molecule has 0 aromatic carbocycles. The molecule has 0 saturated carbocycles. The third-order valence-electron chi connectivity index (χ3n) is 2.96. The van der Waals surface area contributed by atoms with E-state index in [0.29, 0.717) is 5.92 Å². The van der Waals surface area contributed by atoms with Crippen LogP contribution in [0.25, 0.3) is 0 Å². The Balaban J connectivity index is 2.56. The molecule has 0 heterocycles. The van der Waals surface area contributed by atoms with Crippen molar-refractivity contribution in [2.24, 2.45) is 5.92 Å². The number of hydrogen-bond donors (Lipinski definition) is 0. The summed E-state index contributed by atoms with van der Waals surface area (Å²) in [7, 11) is 0. The maximum Gasteiger partial charge on any atom is 0.0148 e. The lowest BCUT2D eigenvalue weighted by Gasteiger charge is -2.04. The van der Waals surface area contributed by atoms with Crippen LogP contribution in [0, 0.1) is 5.92 Å². The molecule has 0 aromatic heterocycles. The average Bonchev–Trinajstić information content (AvgIpc) is 2.57. The summed E-state index contributed by atoms with van der Waals surface area (Å²) in [6, 6.07) is 0. The van der Waals surface area contributed by atoms with Gasteiger partial charge in [-0.25, -0.2) is 0 Å². The van der Waals surface area contributed by atoms with E-state index < -0.39 is 0 Å². The molecule has 0 N–H and O–H groups in total. The van der Waals surface area contributed by atoms with Gasteiger partial charge in [-0.15, -0.1) is 0 Å². The van der Waals surface area contributed by atoms with Crippen molar-refractivity contribution in [3.8, 4) is 0 Å². The zero-order chi connectivity index (χ0) is 11.5. The lowest BCUT2D eigenvalue weighted by Crippen LogP contribution is -1.88. The fourth-order valence-electron chi connectivity index (χ4n) is 2.00. The van der Waals surface area contributed by atoms with E-state index in [2.05, 4.69) is 56.5 Å². The Labute approximate surface area is 97.4 Å². The first-order valence-corrected chi connectivity index (χ1v) is 5.50. The molecular formula is C16H16. The first kappa shape index (κ1) is 10.7. The van der Waals surface area contributed by atoms with Gasteiger partial charge in [-0.05, 0) is 35.3 Å². The van der Waals surface area contributed by atoms with Crippen LogP contribution in [0.4, 0.5) is 0 Å². The highest BCUT2D eigenvalue weighted by Crippen LogP contribution is 2.28. The van der Waals surface area contributed by atoms with Gasteiger partial charge in [0.15, 0.2) is 0 Å². The molecule has 1 unspecified atom stereocenters. The third-order valence-corrected chi connectivity index (χ3v) is 2.96. The van der Waals surface area contributed by atoms with Gasteiger partial charge in [-0.2, -0.15) is 0 Å². The molecule has 0 aliphatic heterocycles. The number of hydrogen-bond acceptors (Lipinski definition) is 0. The minimum atomic E-state index is 0.352. The Bertz CT molecular complexity index is 476. The second-order valence-corrected chi connectivity index (χ2v) is 4.06. The van der Waals surface area contributed by atoms with E-state index >= 15 is 0 Å². The minimum Gasteiger partial charge on any atom is -0.0985 e. The van der Waals surface area contributed by atoms with Crippen LogP contribution < -0.4 is 0 Å². The van der Waals surface area contributed by atoms with Gasteiger partial charge in [-0.3, -0.25) is 0 Å². The highest BCUT2D eigenvalue weighted by atomic mass is 14.2. The van der Waals surface area contributed by atoms with Crippen molar-refractivity contribution in [3.63, 3.8) is 0 Å². The Morgan fingerprint density at radius 1 is 1.12 bits per heavy atom. The quantitative estimate of drug-likeness (QED) is 0.635. The molecule has 1 atom stereocenters. The zero-order valence-electron chi connectivity index (χ0n) is 9.61. The van der Waals surface area contributed by atoms with E-state index in [1.54, 1.807) is 0 Å². The lowest BCUT2D eigenvalue weighted by atomic mass is 10.0. The topological polar surface area (TPSA) is 0 Å². The van der Waals surface area contributed by atoms with Crippen LogP contribution in [0.15, 0.2) is 84.1 Å². The maximum atomic E-state index is 3.87. The maximum absolute atomic E-state index is 3.87. The van der Waals surface area contributed by atoms with Gasteiger partial charge < -0.3 is 0 Å². The van der Waals surface area contributed by atoms with Crippen LogP contribution in [0.5, 0.6) is 0 Å². The summed E-state index contributed by atoms with van der Waals surface area (Å²) in [6.45, 7) is 9.86. The number of rotatable bonds is 2. The van der Waals surface area contributed by atoms with Gasteiger partial charge in [0.2, 0.25) is 0 Å². The van der Waals surface area contributed by atoms with Gasteiger partial charge in [0, 0.05) is 5.92 Å². The van der Waals surface area contributed by atoms with Crippen molar-refractivity contribution in [1.29, 1.82) is 0 Å². The van der Waals surface area contributed by atoms with Crippen LogP contribution in [-0.4, -0.2) is 0 Å². The molecule has 16 heavy (non-hydrogen) atoms. The Morgan fingerprint density at radius 3 is 2.56 bits per heavy atom. The van der Waals surface area contributed by atoms with Crippen molar-refractivity contribution >= 4 is 0 Å². The molecule has 2 rings (SSSR count). The van der Waals surface area contributed by atoms with Gasteiger partial charge in [-0.1, -0.05) is 55.7 Å². The van der Waals surface area contributed by atoms with Gasteiger partial charge >= 0.3 is 0 Å². The van der Waals surface area contributed by atoms with Crippen LogP contribution in [0.2, 0.25) is 0 Å². The average molecular weight is 208 g/mol. The zero-order valence-corrected chi connectivity index (χ0v) is 9.61. The fourth-order valence-corrected chi connectivity index (χ4v) is 2.00. The van der Waals surface area contributed by atoms with Crippen LogP contribution in [0.3, 0.4) is 0 Å². The molecule has 0 amide bonds. The molecule has 2 bridgehead atoms. The largest absolute Gasteiger partial charge is 0.0985 e. The van der Waals surface area contributed by atoms with Crippen molar-refractivity contribution in [2.75, 3.05) is 0 Å². The molecule has 0 spiro atoms. The molecule has 80 valence electrons.